The molecular weight excluding hydrogens is 414 g/mol. The quantitative estimate of drug-likeness (QED) is 0.602. The van der Waals surface area contributed by atoms with Gasteiger partial charge >= 0.3 is 0 Å². The zero-order valence-electron chi connectivity index (χ0n) is 20.3. The van der Waals surface area contributed by atoms with Gasteiger partial charge in [0, 0.05) is 50.1 Å². The van der Waals surface area contributed by atoms with Gasteiger partial charge in [0.1, 0.15) is 0 Å². The summed E-state index contributed by atoms with van der Waals surface area (Å²) in [6, 6.07) is 11.9. The predicted octanol–water partition coefficient (Wildman–Crippen LogP) is 3.24. The van der Waals surface area contributed by atoms with Crippen molar-refractivity contribution in [3.63, 3.8) is 0 Å². The van der Waals surface area contributed by atoms with Gasteiger partial charge in [0.2, 0.25) is 11.8 Å². The molecule has 7 heteroatoms. The van der Waals surface area contributed by atoms with Crippen molar-refractivity contribution in [3.05, 3.63) is 64.6 Å². The summed E-state index contributed by atoms with van der Waals surface area (Å²) in [5, 5.41) is 4.52. The van der Waals surface area contributed by atoms with Gasteiger partial charge in [-0.2, -0.15) is 5.10 Å². The summed E-state index contributed by atoms with van der Waals surface area (Å²) < 4.78 is 1.86. The number of benzene rings is 1. The molecule has 1 aliphatic rings. The lowest BCUT2D eigenvalue weighted by molar-refractivity contribution is -0.142. The molecule has 1 fully saturated rings. The number of carbonyl (C=O) groups excluding carboxylic acids is 2. The van der Waals surface area contributed by atoms with Crippen molar-refractivity contribution in [2.75, 3.05) is 26.2 Å². The summed E-state index contributed by atoms with van der Waals surface area (Å²) in [5.41, 5.74) is 5.27. The zero-order valence-corrected chi connectivity index (χ0v) is 20.3. The molecule has 4 rings (SSSR count). The van der Waals surface area contributed by atoms with E-state index in [9.17, 15) is 9.59 Å². The van der Waals surface area contributed by atoms with Gasteiger partial charge in [-0.3, -0.25) is 9.59 Å². The highest BCUT2D eigenvalue weighted by atomic mass is 16.2. The van der Waals surface area contributed by atoms with Crippen LogP contribution in [0.5, 0.6) is 0 Å². The number of fused-ring (bicyclic) bond motifs is 1. The number of piperazine rings is 1. The molecule has 2 aromatic heterocycles. The maximum absolute atomic E-state index is 13.2. The second-order valence-electron chi connectivity index (χ2n) is 9.48. The van der Waals surface area contributed by atoms with Gasteiger partial charge in [0.05, 0.1) is 11.1 Å². The first kappa shape index (κ1) is 23.0. The van der Waals surface area contributed by atoms with Crippen LogP contribution in [0.15, 0.2) is 36.4 Å². The first-order valence-corrected chi connectivity index (χ1v) is 11.6. The van der Waals surface area contributed by atoms with E-state index in [0.29, 0.717) is 39.0 Å². The van der Waals surface area contributed by atoms with Crippen LogP contribution in [0.3, 0.4) is 0 Å². The van der Waals surface area contributed by atoms with Crippen LogP contribution in [-0.4, -0.2) is 62.4 Å². The Balaban J connectivity index is 1.35. The van der Waals surface area contributed by atoms with Crippen molar-refractivity contribution < 1.29 is 9.59 Å². The SMILES string of the molecule is Cc1cc2nc(C)c(CCC(=O)N3CCN(C(=O)C(C)(C)c4ccccc4)CC3)c(C)n2n1. The van der Waals surface area contributed by atoms with Gasteiger partial charge in [-0.25, -0.2) is 9.50 Å². The molecule has 0 bridgehead atoms. The monoisotopic (exact) mass is 447 g/mol. The van der Waals surface area contributed by atoms with Gasteiger partial charge in [0.15, 0.2) is 5.65 Å². The Morgan fingerprint density at radius 1 is 0.970 bits per heavy atom. The minimum atomic E-state index is -0.584. The van der Waals surface area contributed by atoms with E-state index in [4.69, 9.17) is 0 Å². The fourth-order valence-corrected chi connectivity index (χ4v) is 4.73. The number of carbonyl (C=O) groups is 2. The van der Waals surface area contributed by atoms with E-state index in [0.717, 1.165) is 33.9 Å². The minimum absolute atomic E-state index is 0.112. The van der Waals surface area contributed by atoms with Crippen molar-refractivity contribution in [2.45, 2.75) is 52.9 Å². The molecule has 174 valence electrons. The molecule has 7 nitrogen and oxygen atoms in total. The average molecular weight is 448 g/mol. The van der Waals surface area contributed by atoms with E-state index in [1.807, 2.05) is 85.3 Å². The number of aryl methyl sites for hydroxylation is 3. The summed E-state index contributed by atoms with van der Waals surface area (Å²) in [6.45, 7) is 12.2. The highest BCUT2D eigenvalue weighted by molar-refractivity contribution is 5.87. The standard InChI is InChI=1S/C26H33N5O2/c1-18-17-23-27-19(2)22(20(3)31(23)28-18)11-12-24(32)29-13-15-30(16-14-29)25(33)26(4,5)21-9-7-6-8-10-21/h6-10,17H,11-16H2,1-5H3. The van der Waals surface area contributed by atoms with Gasteiger partial charge in [0.25, 0.3) is 0 Å². The zero-order chi connectivity index (χ0) is 23.8. The van der Waals surface area contributed by atoms with Crippen LogP contribution in [0, 0.1) is 20.8 Å². The van der Waals surface area contributed by atoms with Crippen LogP contribution >= 0.6 is 0 Å². The number of hydrogen-bond donors (Lipinski definition) is 0. The van der Waals surface area contributed by atoms with Crippen LogP contribution < -0.4 is 0 Å². The van der Waals surface area contributed by atoms with Gasteiger partial charge < -0.3 is 9.80 Å². The molecule has 1 aliphatic heterocycles. The van der Waals surface area contributed by atoms with Crippen LogP contribution in [0.2, 0.25) is 0 Å². The second-order valence-corrected chi connectivity index (χ2v) is 9.48. The Hall–Kier alpha value is -3.22. The number of nitrogens with zero attached hydrogens (tertiary/aromatic N) is 5. The van der Waals surface area contributed by atoms with Gasteiger partial charge in [-0.05, 0) is 52.2 Å². The molecule has 1 saturated heterocycles. The molecule has 0 unspecified atom stereocenters. The summed E-state index contributed by atoms with van der Waals surface area (Å²) >= 11 is 0. The molecule has 3 heterocycles. The van der Waals surface area contributed by atoms with Gasteiger partial charge in [-0.15, -0.1) is 0 Å². The molecule has 0 N–H and O–H groups in total. The van der Waals surface area contributed by atoms with Crippen LogP contribution in [0.4, 0.5) is 0 Å². The highest BCUT2D eigenvalue weighted by Gasteiger charge is 2.35. The van der Waals surface area contributed by atoms with E-state index in [1.54, 1.807) is 0 Å². The lowest BCUT2D eigenvalue weighted by Gasteiger charge is -2.39. The summed E-state index contributed by atoms with van der Waals surface area (Å²) in [6.07, 6.45) is 1.07. The second kappa shape index (κ2) is 8.96. The van der Waals surface area contributed by atoms with E-state index in [1.165, 1.54) is 0 Å². The maximum Gasteiger partial charge on any atom is 0.232 e. The van der Waals surface area contributed by atoms with E-state index in [-0.39, 0.29) is 11.8 Å². The fraction of sp³-hybridized carbons (Fsp3) is 0.462. The van der Waals surface area contributed by atoms with Crippen LogP contribution in [-0.2, 0) is 21.4 Å². The number of amides is 2. The number of aromatic nitrogens is 3. The third-order valence-electron chi connectivity index (χ3n) is 6.82. The minimum Gasteiger partial charge on any atom is -0.339 e. The lowest BCUT2D eigenvalue weighted by Crippen LogP contribution is -2.54. The Bertz CT molecular complexity index is 1170. The molecule has 33 heavy (non-hydrogen) atoms. The fourth-order valence-electron chi connectivity index (χ4n) is 4.73. The average Bonchev–Trinajstić information content (AvgIpc) is 3.19. The summed E-state index contributed by atoms with van der Waals surface area (Å²) in [4.78, 5) is 34.6. The number of hydrogen-bond acceptors (Lipinski definition) is 4. The first-order chi connectivity index (χ1) is 15.7. The molecule has 0 radical (unpaired) electrons. The molecule has 0 spiro atoms. The molecule has 0 atom stereocenters. The van der Waals surface area contributed by atoms with Gasteiger partial charge in [-0.1, -0.05) is 30.3 Å². The largest absolute Gasteiger partial charge is 0.339 e. The molecule has 0 saturated carbocycles. The Morgan fingerprint density at radius 2 is 1.61 bits per heavy atom. The number of rotatable bonds is 5. The van der Waals surface area contributed by atoms with E-state index < -0.39 is 5.41 Å². The van der Waals surface area contributed by atoms with Crippen molar-refractivity contribution in [1.82, 2.24) is 24.4 Å². The van der Waals surface area contributed by atoms with Crippen molar-refractivity contribution in [1.29, 1.82) is 0 Å². The van der Waals surface area contributed by atoms with Crippen molar-refractivity contribution >= 4 is 17.5 Å². The summed E-state index contributed by atoms with van der Waals surface area (Å²) in [7, 11) is 0. The summed E-state index contributed by atoms with van der Waals surface area (Å²) in [5.74, 6) is 0.237. The molecule has 0 aliphatic carbocycles. The molecule has 3 aromatic rings. The molecular formula is C26H33N5O2. The Kier molecular flexibility index (Phi) is 6.23. The predicted molar refractivity (Wildman–Crippen MR) is 128 cm³/mol. The smallest absolute Gasteiger partial charge is 0.232 e. The Labute approximate surface area is 195 Å². The topological polar surface area (TPSA) is 70.8 Å². The lowest BCUT2D eigenvalue weighted by atomic mass is 9.83. The van der Waals surface area contributed by atoms with Crippen LogP contribution in [0.1, 0.15) is 48.5 Å². The first-order valence-electron chi connectivity index (χ1n) is 11.6. The Morgan fingerprint density at radius 3 is 2.27 bits per heavy atom. The highest BCUT2D eigenvalue weighted by Crippen LogP contribution is 2.26. The van der Waals surface area contributed by atoms with Crippen molar-refractivity contribution in [2.24, 2.45) is 0 Å². The molecule has 1 aromatic carbocycles. The third kappa shape index (κ3) is 4.49. The third-order valence-corrected chi connectivity index (χ3v) is 6.82. The van der Waals surface area contributed by atoms with E-state index >= 15 is 0 Å². The van der Waals surface area contributed by atoms with Crippen molar-refractivity contribution in [3.8, 4) is 0 Å². The maximum atomic E-state index is 13.2. The molecule has 2 amide bonds. The van der Waals surface area contributed by atoms with E-state index in [2.05, 4.69) is 10.1 Å². The normalized spacial score (nSPS) is 14.7. The van der Waals surface area contributed by atoms with Crippen LogP contribution in [0.25, 0.3) is 5.65 Å².